The molecule has 16 heavy (non-hydrogen) atoms. The van der Waals surface area contributed by atoms with Gasteiger partial charge >= 0.3 is 12.0 Å². The van der Waals surface area contributed by atoms with Crippen LogP contribution in [0.4, 0.5) is 4.79 Å². The highest BCUT2D eigenvalue weighted by Crippen LogP contribution is 2.17. The molecule has 0 aromatic rings. The van der Waals surface area contributed by atoms with Gasteiger partial charge in [0, 0.05) is 4.48 Å². The Kier molecular flexibility index (Phi) is 4.54. The molecule has 0 fully saturated rings. The van der Waals surface area contributed by atoms with Crippen LogP contribution in [0.5, 0.6) is 0 Å². The largest absolute Gasteiger partial charge is 0.481 e. The van der Waals surface area contributed by atoms with Crippen LogP contribution in [0, 0.1) is 5.92 Å². The topological polar surface area (TPSA) is 78.4 Å². The van der Waals surface area contributed by atoms with Gasteiger partial charge in [0.2, 0.25) is 0 Å². The van der Waals surface area contributed by atoms with Gasteiger partial charge in [-0.3, -0.25) is 4.79 Å². The Morgan fingerprint density at radius 2 is 2.19 bits per heavy atom. The van der Waals surface area contributed by atoms with Gasteiger partial charge in [-0.2, -0.15) is 0 Å². The molecule has 1 aliphatic carbocycles. The van der Waals surface area contributed by atoms with Gasteiger partial charge in [-0.05, 0) is 6.42 Å². The van der Waals surface area contributed by atoms with Crippen LogP contribution in [-0.2, 0) is 4.79 Å². The van der Waals surface area contributed by atoms with Gasteiger partial charge in [0.1, 0.15) is 0 Å². The molecule has 3 N–H and O–H groups in total. The van der Waals surface area contributed by atoms with Crippen LogP contribution in [0.2, 0.25) is 0 Å². The fraction of sp³-hybridized carbons (Fsp3) is 0.400. The monoisotopic (exact) mass is 288 g/mol. The van der Waals surface area contributed by atoms with Crippen molar-refractivity contribution >= 4 is 27.9 Å². The molecule has 1 aliphatic rings. The van der Waals surface area contributed by atoms with Crippen LogP contribution in [0.1, 0.15) is 6.42 Å². The SMILES string of the molecule is C=C(Br)CNC(=O)NC1C=CC(C(=O)O)C1. The number of urea groups is 1. The third-order valence-electron chi connectivity index (χ3n) is 2.16. The molecule has 0 saturated carbocycles. The Balaban J connectivity index is 2.29. The van der Waals surface area contributed by atoms with Gasteiger partial charge in [0.05, 0.1) is 18.5 Å². The van der Waals surface area contributed by atoms with Crippen LogP contribution < -0.4 is 10.6 Å². The minimum Gasteiger partial charge on any atom is -0.481 e. The van der Waals surface area contributed by atoms with Crippen LogP contribution in [0.3, 0.4) is 0 Å². The highest BCUT2D eigenvalue weighted by molar-refractivity contribution is 9.11. The van der Waals surface area contributed by atoms with E-state index in [1.807, 2.05) is 0 Å². The lowest BCUT2D eigenvalue weighted by molar-refractivity contribution is -0.140. The van der Waals surface area contributed by atoms with E-state index in [2.05, 4.69) is 33.1 Å². The first-order chi connectivity index (χ1) is 7.49. The van der Waals surface area contributed by atoms with Gasteiger partial charge in [-0.25, -0.2) is 4.79 Å². The lowest BCUT2D eigenvalue weighted by atomic mass is 10.1. The quantitative estimate of drug-likeness (QED) is 0.681. The second kappa shape index (κ2) is 5.69. The number of carboxylic acids is 1. The molecule has 0 radical (unpaired) electrons. The molecule has 1 rings (SSSR count). The van der Waals surface area contributed by atoms with E-state index < -0.39 is 11.9 Å². The van der Waals surface area contributed by atoms with Crippen LogP contribution in [0.15, 0.2) is 23.2 Å². The van der Waals surface area contributed by atoms with Crippen molar-refractivity contribution in [3.63, 3.8) is 0 Å². The zero-order valence-corrected chi connectivity index (χ0v) is 10.2. The van der Waals surface area contributed by atoms with E-state index in [0.717, 1.165) is 0 Å². The molecule has 0 bridgehead atoms. The lowest BCUT2D eigenvalue weighted by Gasteiger charge is -2.12. The van der Waals surface area contributed by atoms with Crippen molar-refractivity contribution in [3.05, 3.63) is 23.2 Å². The molecule has 0 heterocycles. The van der Waals surface area contributed by atoms with Crippen molar-refractivity contribution < 1.29 is 14.7 Å². The fourth-order valence-electron chi connectivity index (χ4n) is 1.38. The fourth-order valence-corrected chi connectivity index (χ4v) is 1.52. The molecule has 88 valence electrons. The summed E-state index contributed by atoms with van der Waals surface area (Å²) in [5, 5.41) is 14.0. The highest BCUT2D eigenvalue weighted by atomic mass is 79.9. The smallest absolute Gasteiger partial charge is 0.315 e. The van der Waals surface area contributed by atoms with Crippen molar-refractivity contribution in [1.82, 2.24) is 10.6 Å². The first-order valence-electron chi connectivity index (χ1n) is 4.78. The van der Waals surface area contributed by atoms with E-state index in [-0.39, 0.29) is 12.1 Å². The summed E-state index contributed by atoms with van der Waals surface area (Å²) in [6.07, 6.45) is 3.69. The number of rotatable bonds is 4. The first-order valence-corrected chi connectivity index (χ1v) is 5.57. The molecule has 2 unspecified atom stereocenters. The van der Waals surface area contributed by atoms with Crippen molar-refractivity contribution in [1.29, 1.82) is 0 Å². The van der Waals surface area contributed by atoms with Gasteiger partial charge in [0.15, 0.2) is 0 Å². The summed E-state index contributed by atoms with van der Waals surface area (Å²) in [5.74, 6) is -1.37. The Morgan fingerprint density at radius 3 is 2.69 bits per heavy atom. The molecule has 2 amide bonds. The maximum absolute atomic E-state index is 11.3. The minimum atomic E-state index is -0.866. The number of hydrogen-bond acceptors (Lipinski definition) is 2. The summed E-state index contributed by atoms with van der Waals surface area (Å²) in [4.78, 5) is 22.0. The number of amides is 2. The Morgan fingerprint density at radius 1 is 1.50 bits per heavy atom. The minimum absolute atomic E-state index is 0.218. The summed E-state index contributed by atoms with van der Waals surface area (Å²) in [6, 6.07) is -0.550. The Labute approximate surface area is 102 Å². The number of hydrogen-bond donors (Lipinski definition) is 3. The molecule has 6 heteroatoms. The van der Waals surface area contributed by atoms with Crippen molar-refractivity contribution in [2.45, 2.75) is 12.5 Å². The molecule has 0 aromatic heterocycles. The van der Waals surface area contributed by atoms with E-state index in [1.165, 1.54) is 0 Å². The van der Waals surface area contributed by atoms with Crippen molar-refractivity contribution in [2.24, 2.45) is 5.92 Å². The number of aliphatic carboxylic acids is 1. The second-order valence-electron chi connectivity index (χ2n) is 3.52. The van der Waals surface area contributed by atoms with E-state index in [9.17, 15) is 9.59 Å². The average Bonchev–Trinajstić information content (AvgIpc) is 2.63. The van der Waals surface area contributed by atoms with E-state index in [1.54, 1.807) is 12.2 Å². The third kappa shape index (κ3) is 4.06. The normalized spacial score (nSPS) is 22.8. The number of carbonyl (C=O) groups excluding carboxylic acids is 1. The van der Waals surface area contributed by atoms with Gasteiger partial charge < -0.3 is 15.7 Å². The van der Waals surface area contributed by atoms with Crippen molar-refractivity contribution in [2.75, 3.05) is 6.54 Å². The highest BCUT2D eigenvalue weighted by Gasteiger charge is 2.25. The first kappa shape index (κ1) is 12.8. The zero-order valence-electron chi connectivity index (χ0n) is 8.57. The van der Waals surface area contributed by atoms with Gasteiger partial charge in [-0.1, -0.05) is 34.7 Å². The molecular weight excluding hydrogens is 276 g/mol. The van der Waals surface area contributed by atoms with Crippen molar-refractivity contribution in [3.8, 4) is 0 Å². The van der Waals surface area contributed by atoms with E-state index in [4.69, 9.17) is 5.11 Å². The van der Waals surface area contributed by atoms with Gasteiger partial charge in [-0.15, -0.1) is 0 Å². The standard InChI is InChI=1S/C10H13BrN2O3/c1-6(11)5-12-10(16)13-8-3-2-7(4-8)9(14)15/h2-3,7-8H,1,4-5H2,(H,14,15)(H2,12,13,16). The Hall–Kier alpha value is -1.30. The number of carbonyl (C=O) groups is 2. The predicted molar refractivity (Wildman–Crippen MR) is 63.3 cm³/mol. The maximum atomic E-state index is 11.3. The van der Waals surface area contributed by atoms with Crippen LogP contribution in [0.25, 0.3) is 0 Å². The molecule has 0 aromatic carbocycles. The summed E-state index contributed by atoms with van der Waals surface area (Å²) in [7, 11) is 0. The molecule has 0 saturated heterocycles. The van der Waals surface area contributed by atoms with E-state index in [0.29, 0.717) is 17.4 Å². The zero-order chi connectivity index (χ0) is 12.1. The number of nitrogens with one attached hydrogen (secondary N) is 2. The van der Waals surface area contributed by atoms with E-state index >= 15 is 0 Å². The second-order valence-corrected chi connectivity index (χ2v) is 4.64. The average molecular weight is 289 g/mol. The number of halogens is 1. The van der Waals surface area contributed by atoms with Gasteiger partial charge in [0.25, 0.3) is 0 Å². The molecule has 0 spiro atoms. The van der Waals surface area contributed by atoms with Crippen LogP contribution in [-0.4, -0.2) is 29.7 Å². The molecule has 0 aliphatic heterocycles. The maximum Gasteiger partial charge on any atom is 0.315 e. The third-order valence-corrected chi connectivity index (χ3v) is 2.44. The summed E-state index contributed by atoms with van der Waals surface area (Å²) < 4.78 is 0.674. The number of carboxylic acid groups (broad SMARTS) is 1. The summed E-state index contributed by atoms with van der Waals surface area (Å²) in [6.45, 7) is 3.91. The molecular formula is C10H13BrN2O3. The molecule has 5 nitrogen and oxygen atoms in total. The molecule has 2 atom stereocenters. The Bertz CT molecular complexity index is 341. The predicted octanol–water partition coefficient (Wildman–Crippen LogP) is 1.22. The van der Waals surface area contributed by atoms with Crippen LogP contribution >= 0.6 is 15.9 Å². The summed E-state index contributed by atoms with van der Waals surface area (Å²) in [5.41, 5.74) is 0. The summed E-state index contributed by atoms with van der Waals surface area (Å²) >= 11 is 3.12. The lowest BCUT2D eigenvalue weighted by Crippen LogP contribution is -2.41.